The molecule has 1 amide bonds. The highest BCUT2D eigenvalue weighted by atomic mass is 32.2. The van der Waals surface area contributed by atoms with E-state index >= 15 is 0 Å². The van der Waals surface area contributed by atoms with E-state index in [1.807, 2.05) is 0 Å². The largest absolute Gasteiger partial charge is 0.398 e. The second kappa shape index (κ2) is 5.95. The summed E-state index contributed by atoms with van der Waals surface area (Å²) in [5.41, 5.74) is 1.22. The lowest BCUT2D eigenvalue weighted by molar-refractivity contribution is -0.112. The number of thioether (sulfide) groups is 1. The summed E-state index contributed by atoms with van der Waals surface area (Å²) < 4.78 is 36.5. The van der Waals surface area contributed by atoms with Crippen LogP contribution in [0.3, 0.4) is 0 Å². The third-order valence-electron chi connectivity index (χ3n) is 1.97. The van der Waals surface area contributed by atoms with Crippen LogP contribution in [0.25, 0.3) is 0 Å². The van der Waals surface area contributed by atoms with Crippen molar-refractivity contribution in [3.63, 3.8) is 0 Å². The van der Waals surface area contributed by atoms with Gasteiger partial charge in [-0.1, -0.05) is 12.6 Å². The number of rotatable bonds is 4. The lowest BCUT2D eigenvalue weighted by Crippen LogP contribution is -2.12. The predicted octanol–water partition coefficient (Wildman–Crippen LogP) is 3.77. The molecule has 1 aromatic rings. The average molecular weight is 275 g/mol. The molecule has 0 aromatic heterocycles. The molecule has 98 valence electrons. The minimum Gasteiger partial charge on any atom is -0.321 e. The molecule has 0 heterocycles. The van der Waals surface area contributed by atoms with E-state index in [0.717, 1.165) is 11.6 Å². The van der Waals surface area contributed by atoms with Gasteiger partial charge in [-0.25, -0.2) is 0 Å². The van der Waals surface area contributed by atoms with Crippen molar-refractivity contribution in [2.45, 2.75) is 18.0 Å². The molecule has 1 aromatic carbocycles. The molecule has 1 rings (SSSR count). The summed E-state index contributed by atoms with van der Waals surface area (Å²) >= 11 is 0.641. The fraction of sp³-hybridized carbons (Fsp3) is 0.250. The summed E-state index contributed by atoms with van der Waals surface area (Å²) in [6.45, 7) is 5.09. The summed E-state index contributed by atoms with van der Waals surface area (Å²) in [4.78, 5) is 11.6. The minimum atomic E-state index is -4.24. The van der Waals surface area contributed by atoms with Crippen LogP contribution < -0.4 is 5.32 Å². The molecule has 0 spiro atoms. The lowest BCUT2D eigenvalue weighted by Gasteiger charge is -2.12. The standard InChI is InChI=1S/C12H12F3NOS/c1-3-11(17)16-9-6-8(2)4-5-10(9)18-7-12(13,14)15/h3-6H,1,7H2,2H3,(H,16,17). The molecule has 0 unspecified atom stereocenters. The highest BCUT2D eigenvalue weighted by Gasteiger charge is 2.27. The SMILES string of the molecule is C=CC(=O)Nc1cc(C)ccc1SCC(F)(F)F. The first-order valence-corrected chi connectivity index (χ1v) is 6.04. The number of hydrogen-bond acceptors (Lipinski definition) is 2. The molecule has 18 heavy (non-hydrogen) atoms. The number of carbonyl (C=O) groups excluding carboxylic acids is 1. The van der Waals surface area contributed by atoms with E-state index in [2.05, 4.69) is 11.9 Å². The van der Waals surface area contributed by atoms with E-state index < -0.39 is 17.8 Å². The topological polar surface area (TPSA) is 29.1 Å². The summed E-state index contributed by atoms with van der Waals surface area (Å²) in [6.07, 6.45) is -3.17. The van der Waals surface area contributed by atoms with Crippen LogP contribution in [0.1, 0.15) is 5.56 Å². The van der Waals surface area contributed by atoms with Gasteiger partial charge in [-0.2, -0.15) is 13.2 Å². The number of anilines is 1. The van der Waals surface area contributed by atoms with Crippen molar-refractivity contribution in [1.82, 2.24) is 0 Å². The van der Waals surface area contributed by atoms with Crippen LogP contribution in [-0.2, 0) is 4.79 Å². The zero-order valence-electron chi connectivity index (χ0n) is 9.67. The van der Waals surface area contributed by atoms with Crippen LogP contribution in [0.5, 0.6) is 0 Å². The molecule has 2 nitrogen and oxygen atoms in total. The van der Waals surface area contributed by atoms with Crippen LogP contribution >= 0.6 is 11.8 Å². The van der Waals surface area contributed by atoms with E-state index in [0.29, 0.717) is 22.3 Å². The van der Waals surface area contributed by atoms with E-state index in [4.69, 9.17) is 0 Å². The molecule has 6 heteroatoms. The molecule has 0 fully saturated rings. The number of aryl methyl sites for hydroxylation is 1. The van der Waals surface area contributed by atoms with Crippen LogP contribution in [-0.4, -0.2) is 17.8 Å². The van der Waals surface area contributed by atoms with Crippen molar-refractivity contribution >= 4 is 23.4 Å². The van der Waals surface area contributed by atoms with Crippen molar-refractivity contribution in [3.8, 4) is 0 Å². The maximum absolute atomic E-state index is 12.2. The molecule has 0 bridgehead atoms. The van der Waals surface area contributed by atoms with Gasteiger partial charge >= 0.3 is 6.18 Å². The Bertz CT molecular complexity index is 457. The fourth-order valence-electron chi connectivity index (χ4n) is 1.21. The van der Waals surface area contributed by atoms with Gasteiger partial charge in [0.15, 0.2) is 0 Å². The molecule has 0 aliphatic heterocycles. The third kappa shape index (κ3) is 4.83. The Hall–Kier alpha value is -1.43. The predicted molar refractivity (Wildman–Crippen MR) is 66.8 cm³/mol. The zero-order valence-corrected chi connectivity index (χ0v) is 10.5. The summed E-state index contributed by atoms with van der Waals surface area (Å²) in [6, 6.07) is 4.88. The highest BCUT2D eigenvalue weighted by Crippen LogP contribution is 2.32. The van der Waals surface area contributed by atoms with Gasteiger partial charge in [-0.3, -0.25) is 4.79 Å². The quantitative estimate of drug-likeness (QED) is 0.669. The summed E-state index contributed by atoms with van der Waals surface area (Å²) in [5.74, 6) is -1.44. The molecule has 0 aliphatic rings. The molecule has 1 N–H and O–H groups in total. The van der Waals surface area contributed by atoms with Gasteiger partial charge in [-0.05, 0) is 30.7 Å². The van der Waals surface area contributed by atoms with Gasteiger partial charge < -0.3 is 5.32 Å². The first-order valence-electron chi connectivity index (χ1n) is 5.05. The van der Waals surface area contributed by atoms with E-state index in [1.54, 1.807) is 25.1 Å². The lowest BCUT2D eigenvalue weighted by atomic mass is 10.2. The third-order valence-corrected chi connectivity index (χ3v) is 3.11. The number of benzene rings is 1. The van der Waals surface area contributed by atoms with Crippen LogP contribution in [0.2, 0.25) is 0 Å². The van der Waals surface area contributed by atoms with Gasteiger partial charge in [0.1, 0.15) is 0 Å². The zero-order chi connectivity index (χ0) is 13.8. The van der Waals surface area contributed by atoms with Crippen molar-refractivity contribution in [2.24, 2.45) is 0 Å². The normalized spacial score (nSPS) is 11.1. The smallest absolute Gasteiger partial charge is 0.321 e. The summed E-state index contributed by atoms with van der Waals surface area (Å²) in [7, 11) is 0. The molecular formula is C12H12F3NOS. The van der Waals surface area contributed by atoms with Gasteiger partial charge in [0.2, 0.25) is 5.91 Å². The Morgan fingerprint density at radius 2 is 2.17 bits per heavy atom. The monoisotopic (exact) mass is 275 g/mol. The Labute approximate surface area is 107 Å². The Morgan fingerprint density at radius 1 is 1.50 bits per heavy atom. The van der Waals surface area contributed by atoms with Gasteiger partial charge in [0.05, 0.1) is 11.4 Å². The van der Waals surface area contributed by atoms with E-state index in [1.165, 1.54) is 0 Å². The number of alkyl halides is 3. The average Bonchev–Trinajstić information content (AvgIpc) is 2.26. The van der Waals surface area contributed by atoms with Crippen molar-refractivity contribution in [3.05, 3.63) is 36.4 Å². The van der Waals surface area contributed by atoms with Gasteiger partial charge in [0.25, 0.3) is 0 Å². The van der Waals surface area contributed by atoms with Crippen LogP contribution in [0.15, 0.2) is 35.7 Å². The second-order valence-corrected chi connectivity index (χ2v) is 4.61. The highest BCUT2D eigenvalue weighted by molar-refractivity contribution is 7.99. The maximum atomic E-state index is 12.2. The first kappa shape index (κ1) is 14.6. The van der Waals surface area contributed by atoms with E-state index in [-0.39, 0.29) is 0 Å². The summed E-state index contributed by atoms with van der Waals surface area (Å²) in [5, 5.41) is 2.49. The first-order chi connectivity index (χ1) is 8.31. The molecule has 0 atom stereocenters. The number of carbonyl (C=O) groups is 1. The molecule has 0 aliphatic carbocycles. The van der Waals surface area contributed by atoms with Crippen LogP contribution in [0, 0.1) is 6.92 Å². The minimum absolute atomic E-state index is 0.370. The van der Waals surface area contributed by atoms with Crippen molar-refractivity contribution in [1.29, 1.82) is 0 Å². The van der Waals surface area contributed by atoms with E-state index in [9.17, 15) is 18.0 Å². The fourth-order valence-corrected chi connectivity index (χ4v) is 1.96. The molecule has 0 saturated carbocycles. The number of nitrogens with one attached hydrogen (secondary N) is 1. The molecule has 0 saturated heterocycles. The van der Waals surface area contributed by atoms with Crippen molar-refractivity contribution in [2.75, 3.05) is 11.1 Å². The molecule has 0 radical (unpaired) electrons. The van der Waals surface area contributed by atoms with Crippen LogP contribution in [0.4, 0.5) is 18.9 Å². The second-order valence-electron chi connectivity index (χ2n) is 3.60. The maximum Gasteiger partial charge on any atom is 0.398 e. The Morgan fingerprint density at radius 3 is 2.72 bits per heavy atom. The number of amides is 1. The van der Waals surface area contributed by atoms with Gasteiger partial charge in [-0.15, -0.1) is 11.8 Å². The van der Waals surface area contributed by atoms with Gasteiger partial charge in [0, 0.05) is 4.90 Å². The molecular weight excluding hydrogens is 263 g/mol. The van der Waals surface area contributed by atoms with Crippen molar-refractivity contribution < 1.29 is 18.0 Å². The Kier molecular flexibility index (Phi) is 4.84. The Balaban J connectivity index is 2.89. The number of hydrogen-bond donors (Lipinski definition) is 1. The number of halogens is 3.